The lowest BCUT2D eigenvalue weighted by molar-refractivity contribution is -0.143. The minimum Gasteiger partial charge on any atom is -0.478 e. The van der Waals surface area contributed by atoms with E-state index in [-0.39, 0.29) is 24.5 Å². The third kappa shape index (κ3) is 6.18. The van der Waals surface area contributed by atoms with Crippen molar-refractivity contribution >= 4 is 11.9 Å². The third-order valence-electron chi connectivity index (χ3n) is 2.66. The molecule has 0 aliphatic rings. The first kappa shape index (κ1) is 16.0. The topological polar surface area (TPSA) is 63.6 Å². The van der Waals surface area contributed by atoms with Gasteiger partial charge in [-0.3, -0.25) is 4.79 Å². The van der Waals surface area contributed by atoms with Crippen LogP contribution in [0.2, 0.25) is 0 Å². The van der Waals surface area contributed by atoms with Gasteiger partial charge in [-0.1, -0.05) is 50.3 Å². The van der Waals surface area contributed by atoms with E-state index in [1.807, 2.05) is 44.2 Å². The van der Waals surface area contributed by atoms with Crippen molar-refractivity contribution in [2.75, 3.05) is 0 Å². The molecule has 0 atom stereocenters. The number of carbonyl (C=O) groups is 2. The predicted octanol–water partition coefficient (Wildman–Crippen LogP) is 3.18. The molecule has 4 nitrogen and oxygen atoms in total. The number of aliphatic carboxylic acids is 1. The van der Waals surface area contributed by atoms with Gasteiger partial charge >= 0.3 is 11.9 Å². The zero-order valence-corrected chi connectivity index (χ0v) is 11.8. The van der Waals surface area contributed by atoms with Crippen molar-refractivity contribution in [3.05, 3.63) is 47.5 Å². The normalized spacial score (nSPS) is 11.4. The van der Waals surface area contributed by atoms with Crippen molar-refractivity contribution in [3.8, 4) is 0 Å². The Morgan fingerprint density at radius 3 is 2.45 bits per heavy atom. The highest BCUT2D eigenvalue weighted by molar-refractivity contribution is 5.87. The van der Waals surface area contributed by atoms with E-state index in [4.69, 9.17) is 9.84 Å². The molecule has 0 fully saturated rings. The summed E-state index contributed by atoms with van der Waals surface area (Å²) >= 11 is 0. The fourth-order valence-corrected chi connectivity index (χ4v) is 1.70. The Morgan fingerprint density at radius 2 is 1.90 bits per heavy atom. The average Bonchev–Trinajstić information content (AvgIpc) is 2.41. The molecule has 1 rings (SSSR count). The molecule has 1 aromatic carbocycles. The molecular formula is C16H20O4. The lowest BCUT2D eigenvalue weighted by Crippen LogP contribution is -2.07. The fraction of sp³-hybridized carbons (Fsp3) is 0.375. The molecule has 0 aromatic heterocycles. The van der Waals surface area contributed by atoms with Gasteiger partial charge in [0.2, 0.25) is 0 Å². The van der Waals surface area contributed by atoms with Crippen LogP contribution >= 0.6 is 0 Å². The minimum absolute atomic E-state index is 0.0127. The molecule has 1 aromatic rings. The molecule has 0 heterocycles. The number of carboxylic acid groups (broad SMARTS) is 1. The van der Waals surface area contributed by atoms with Crippen LogP contribution in [0.1, 0.15) is 32.3 Å². The Bertz CT molecular complexity index is 475. The summed E-state index contributed by atoms with van der Waals surface area (Å²) in [6.45, 7) is 4.08. The van der Waals surface area contributed by atoms with E-state index in [1.54, 1.807) is 0 Å². The zero-order valence-electron chi connectivity index (χ0n) is 11.8. The summed E-state index contributed by atoms with van der Waals surface area (Å²) in [6, 6.07) is 9.36. The van der Waals surface area contributed by atoms with E-state index >= 15 is 0 Å². The molecule has 4 heteroatoms. The maximum atomic E-state index is 11.6. The van der Waals surface area contributed by atoms with Gasteiger partial charge in [0.1, 0.15) is 6.61 Å². The maximum absolute atomic E-state index is 11.6. The van der Waals surface area contributed by atoms with Gasteiger partial charge in [-0.05, 0) is 17.9 Å². The second-order valence-corrected chi connectivity index (χ2v) is 4.98. The molecule has 0 spiro atoms. The Morgan fingerprint density at radius 1 is 1.25 bits per heavy atom. The van der Waals surface area contributed by atoms with Gasteiger partial charge in [-0.25, -0.2) is 4.79 Å². The van der Waals surface area contributed by atoms with Crippen LogP contribution in [0.15, 0.2) is 42.0 Å². The molecule has 0 amide bonds. The summed E-state index contributed by atoms with van der Waals surface area (Å²) in [5.41, 5.74) is 1.17. The van der Waals surface area contributed by atoms with E-state index in [0.717, 1.165) is 5.56 Å². The van der Waals surface area contributed by atoms with E-state index < -0.39 is 11.9 Å². The highest BCUT2D eigenvalue weighted by Crippen LogP contribution is 2.12. The van der Waals surface area contributed by atoms with Crippen LogP contribution in [0.4, 0.5) is 0 Å². The van der Waals surface area contributed by atoms with Crippen molar-refractivity contribution in [3.63, 3.8) is 0 Å². The van der Waals surface area contributed by atoms with Gasteiger partial charge < -0.3 is 9.84 Å². The zero-order chi connectivity index (χ0) is 15.0. The van der Waals surface area contributed by atoms with Crippen LogP contribution < -0.4 is 0 Å². The van der Waals surface area contributed by atoms with Crippen LogP contribution in [0.5, 0.6) is 0 Å². The monoisotopic (exact) mass is 276 g/mol. The Balaban J connectivity index is 2.46. The number of hydrogen-bond donors (Lipinski definition) is 1. The molecule has 0 unspecified atom stereocenters. The summed E-state index contributed by atoms with van der Waals surface area (Å²) < 4.78 is 5.09. The number of rotatable bonds is 7. The molecule has 20 heavy (non-hydrogen) atoms. The molecule has 108 valence electrons. The predicted molar refractivity (Wildman–Crippen MR) is 76.0 cm³/mol. The van der Waals surface area contributed by atoms with Gasteiger partial charge in [-0.15, -0.1) is 0 Å². The second kappa shape index (κ2) is 8.15. The molecule has 0 aliphatic heterocycles. The highest BCUT2D eigenvalue weighted by Gasteiger charge is 2.10. The number of ether oxygens (including phenoxy) is 1. The first-order valence-corrected chi connectivity index (χ1v) is 6.61. The summed E-state index contributed by atoms with van der Waals surface area (Å²) in [4.78, 5) is 22.6. The molecular weight excluding hydrogens is 256 g/mol. The Hall–Kier alpha value is -2.10. The fourth-order valence-electron chi connectivity index (χ4n) is 1.70. The van der Waals surface area contributed by atoms with Crippen molar-refractivity contribution in [2.24, 2.45) is 5.92 Å². The minimum atomic E-state index is -0.977. The summed E-state index contributed by atoms with van der Waals surface area (Å²) in [5.74, 6) is -1.16. The van der Waals surface area contributed by atoms with Crippen LogP contribution in [0.25, 0.3) is 0 Å². The van der Waals surface area contributed by atoms with Gasteiger partial charge in [0.25, 0.3) is 0 Å². The second-order valence-electron chi connectivity index (χ2n) is 4.98. The molecule has 0 radical (unpaired) electrons. The molecule has 0 bridgehead atoms. The first-order valence-electron chi connectivity index (χ1n) is 6.61. The van der Waals surface area contributed by atoms with Gasteiger partial charge in [0.05, 0.1) is 6.42 Å². The molecule has 0 aliphatic carbocycles. The highest BCUT2D eigenvalue weighted by atomic mass is 16.5. The molecule has 1 N–H and O–H groups in total. The molecule has 0 saturated heterocycles. The smallest absolute Gasteiger partial charge is 0.331 e. The Kier molecular flexibility index (Phi) is 6.50. The number of benzene rings is 1. The van der Waals surface area contributed by atoms with E-state index in [0.29, 0.717) is 6.42 Å². The lowest BCUT2D eigenvalue weighted by atomic mass is 10.0. The van der Waals surface area contributed by atoms with E-state index in [9.17, 15) is 9.59 Å². The first-order chi connectivity index (χ1) is 9.49. The summed E-state index contributed by atoms with van der Waals surface area (Å²) in [6.07, 6.45) is 1.87. The van der Waals surface area contributed by atoms with Gasteiger partial charge in [-0.2, -0.15) is 0 Å². The lowest BCUT2D eigenvalue weighted by Gasteiger charge is -2.06. The van der Waals surface area contributed by atoms with E-state index in [2.05, 4.69) is 0 Å². The largest absolute Gasteiger partial charge is 0.478 e. The number of hydrogen-bond acceptors (Lipinski definition) is 3. The van der Waals surface area contributed by atoms with E-state index in [1.165, 1.54) is 6.08 Å². The van der Waals surface area contributed by atoms with Crippen LogP contribution in [0, 0.1) is 5.92 Å². The number of carboxylic acids is 1. The van der Waals surface area contributed by atoms with Gasteiger partial charge in [0, 0.05) is 5.57 Å². The quantitative estimate of drug-likeness (QED) is 0.613. The van der Waals surface area contributed by atoms with Crippen molar-refractivity contribution < 1.29 is 19.4 Å². The van der Waals surface area contributed by atoms with Crippen molar-refractivity contribution in [2.45, 2.75) is 33.3 Å². The molecule has 0 saturated carbocycles. The van der Waals surface area contributed by atoms with Crippen LogP contribution in [-0.4, -0.2) is 17.0 Å². The standard InChI is InChI=1S/C16H20O4/c1-12(2)10-14(16(18)19)8-9-15(17)20-11-13-6-4-3-5-7-13/h3-8,12H,9-11H2,1-2H3,(H,18,19)/b14-8+. The maximum Gasteiger partial charge on any atom is 0.331 e. The third-order valence-corrected chi connectivity index (χ3v) is 2.66. The van der Waals surface area contributed by atoms with Crippen molar-refractivity contribution in [1.29, 1.82) is 0 Å². The summed E-state index contributed by atoms with van der Waals surface area (Å²) in [7, 11) is 0. The van der Waals surface area contributed by atoms with Crippen LogP contribution in [0.3, 0.4) is 0 Å². The van der Waals surface area contributed by atoms with Crippen molar-refractivity contribution in [1.82, 2.24) is 0 Å². The van der Waals surface area contributed by atoms with Crippen LogP contribution in [-0.2, 0) is 20.9 Å². The van der Waals surface area contributed by atoms with Gasteiger partial charge in [0.15, 0.2) is 0 Å². The number of esters is 1. The average molecular weight is 276 g/mol. The Labute approximate surface area is 119 Å². The number of carbonyl (C=O) groups excluding carboxylic acids is 1. The summed E-state index contributed by atoms with van der Waals surface area (Å²) in [5, 5.41) is 9.02. The SMILES string of the molecule is CC(C)C/C(=C\CC(=O)OCc1ccccc1)C(=O)O.